The van der Waals surface area contributed by atoms with Crippen LogP contribution in [0.15, 0.2) is 21.1 Å². The van der Waals surface area contributed by atoms with E-state index in [9.17, 15) is 0 Å². The van der Waals surface area contributed by atoms with Crippen molar-refractivity contribution >= 4 is 31.9 Å². The summed E-state index contributed by atoms with van der Waals surface area (Å²) in [7, 11) is 0. The van der Waals surface area contributed by atoms with Gasteiger partial charge < -0.3 is 19.7 Å². The average molecular weight is 384 g/mol. The Balaban J connectivity index is 2.64. The fourth-order valence-electron chi connectivity index (χ4n) is 1.34. The normalized spacial score (nSPS) is 10.9. The summed E-state index contributed by atoms with van der Waals surface area (Å²) in [4.78, 5) is 0. The zero-order chi connectivity index (χ0) is 13.4. The summed E-state index contributed by atoms with van der Waals surface area (Å²) in [5.74, 6) is 0. The van der Waals surface area contributed by atoms with E-state index in [0.29, 0.717) is 26.4 Å². The van der Waals surface area contributed by atoms with Gasteiger partial charge in [0.1, 0.15) is 0 Å². The minimum Gasteiger partial charge on any atom is -0.394 e. The topological polar surface area (TPSA) is 58.9 Å². The number of aliphatic hydroxyl groups excluding tert-OH is 2. The first-order chi connectivity index (χ1) is 8.69. The number of hydrogen-bond acceptors (Lipinski definition) is 4. The van der Waals surface area contributed by atoms with Crippen molar-refractivity contribution in [2.24, 2.45) is 0 Å². The van der Waals surface area contributed by atoms with Gasteiger partial charge in [0, 0.05) is 8.95 Å². The van der Waals surface area contributed by atoms with Crippen molar-refractivity contribution in [2.45, 2.75) is 13.2 Å². The fourth-order valence-corrected chi connectivity index (χ4v) is 2.35. The van der Waals surface area contributed by atoms with Gasteiger partial charge in [-0.3, -0.25) is 0 Å². The van der Waals surface area contributed by atoms with Crippen LogP contribution in [0.3, 0.4) is 0 Å². The number of ether oxygens (including phenoxy) is 2. The van der Waals surface area contributed by atoms with Crippen LogP contribution >= 0.6 is 31.9 Å². The maximum absolute atomic E-state index is 8.65. The van der Waals surface area contributed by atoms with Gasteiger partial charge in [0.25, 0.3) is 0 Å². The lowest BCUT2D eigenvalue weighted by Gasteiger charge is -2.11. The molecule has 1 aromatic rings. The molecule has 6 heteroatoms. The largest absolute Gasteiger partial charge is 0.394 e. The van der Waals surface area contributed by atoms with Gasteiger partial charge in [0.2, 0.25) is 0 Å². The summed E-state index contributed by atoms with van der Waals surface area (Å²) in [5, 5.41) is 17.3. The maximum atomic E-state index is 8.65. The fraction of sp³-hybridized carbons (Fsp3) is 0.500. The molecule has 0 spiro atoms. The molecule has 0 aliphatic heterocycles. The van der Waals surface area contributed by atoms with Crippen LogP contribution in [-0.2, 0) is 22.7 Å². The molecule has 0 amide bonds. The van der Waals surface area contributed by atoms with E-state index in [1.165, 1.54) is 0 Å². The van der Waals surface area contributed by atoms with Gasteiger partial charge >= 0.3 is 0 Å². The second kappa shape index (κ2) is 9.01. The lowest BCUT2D eigenvalue weighted by atomic mass is 10.1. The van der Waals surface area contributed by atoms with Crippen molar-refractivity contribution in [1.29, 1.82) is 0 Å². The minimum absolute atomic E-state index is 0.0197. The molecular formula is C12H16Br2O4. The van der Waals surface area contributed by atoms with Crippen LogP contribution in [0.5, 0.6) is 0 Å². The van der Waals surface area contributed by atoms with Crippen molar-refractivity contribution in [2.75, 3.05) is 26.4 Å². The van der Waals surface area contributed by atoms with Crippen LogP contribution < -0.4 is 0 Å². The number of halogens is 2. The van der Waals surface area contributed by atoms with Crippen molar-refractivity contribution in [1.82, 2.24) is 0 Å². The molecule has 102 valence electrons. The SMILES string of the molecule is OCCOCc1cc(Br)c(COCCO)cc1Br. The van der Waals surface area contributed by atoms with Gasteiger partial charge in [-0.15, -0.1) is 0 Å². The first-order valence-electron chi connectivity index (χ1n) is 5.53. The van der Waals surface area contributed by atoms with E-state index in [1.807, 2.05) is 12.1 Å². The Morgan fingerprint density at radius 1 is 0.833 bits per heavy atom. The van der Waals surface area contributed by atoms with Crippen LogP contribution in [0.2, 0.25) is 0 Å². The monoisotopic (exact) mass is 382 g/mol. The third kappa shape index (κ3) is 5.34. The summed E-state index contributed by atoms with van der Waals surface area (Å²) >= 11 is 6.95. The smallest absolute Gasteiger partial charge is 0.0729 e. The van der Waals surface area contributed by atoms with Crippen LogP contribution in [0.25, 0.3) is 0 Å². The van der Waals surface area contributed by atoms with Gasteiger partial charge in [-0.25, -0.2) is 0 Å². The quantitative estimate of drug-likeness (QED) is 0.676. The molecule has 4 nitrogen and oxygen atoms in total. The van der Waals surface area contributed by atoms with E-state index in [4.69, 9.17) is 19.7 Å². The second-order valence-electron chi connectivity index (χ2n) is 3.59. The highest BCUT2D eigenvalue weighted by molar-refractivity contribution is 9.11. The number of benzene rings is 1. The highest BCUT2D eigenvalue weighted by Gasteiger charge is 2.07. The Bertz CT molecular complexity index is 336. The molecule has 0 aliphatic rings. The first-order valence-corrected chi connectivity index (χ1v) is 7.11. The third-order valence-corrected chi connectivity index (χ3v) is 3.68. The molecule has 0 aromatic heterocycles. The Labute approximate surface area is 123 Å². The van der Waals surface area contributed by atoms with E-state index in [2.05, 4.69) is 31.9 Å². The van der Waals surface area contributed by atoms with Gasteiger partial charge in [0.05, 0.1) is 39.6 Å². The lowest BCUT2D eigenvalue weighted by Crippen LogP contribution is -2.02. The molecule has 18 heavy (non-hydrogen) atoms. The molecule has 2 N–H and O–H groups in total. The predicted molar refractivity (Wildman–Crippen MR) is 75.3 cm³/mol. The average Bonchev–Trinajstić information content (AvgIpc) is 2.35. The molecule has 0 heterocycles. The van der Waals surface area contributed by atoms with Gasteiger partial charge in [-0.05, 0) is 23.3 Å². The van der Waals surface area contributed by atoms with Gasteiger partial charge in [0.15, 0.2) is 0 Å². The van der Waals surface area contributed by atoms with E-state index in [1.54, 1.807) is 0 Å². The summed E-state index contributed by atoms with van der Waals surface area (Å²) in [6.07, 6.45) is 0. The maximum Gasteiger partial charge on any atom is 0.0729 e. The molecule has 0 bridgehead atoms. The van der Waals surface area contributed by atoms with Crippen molar-refractivity contribution < 1.29 is 19.7 Å². The van der Waals surface area contributed by atoms with Crippen LogP contribution in [0, 0.1) is 0 Å². The van der Waals surface area contributed by atoms with Gasteiger partial charge in [-0.1, -0.05) is 31.9 Å². The van der Waals surface area contributed by atoms with Crippen molar-refractivity contribution in [3.63, 3.8) is 0 Å². The predicted octanol–water partition coefficient (Wildman–Crippen LogP) is 2.23. The number of aliphatic hydroxyl groups is 2. The molecule has 0 atom stereocenters. The zero-order valence-electron chi connectivity index (χ0n) is 9.86. The highest BCUT2D eigenvalue weighted by Crippen LogP contribution is 2.27. The van der Waals surface area contributed by atoms with E-state index in [-0.39, 0.29) is 13.2 Å². The van der Waals surface area contributed by atoms with E-state index < -0.39 is 0 Å². The lowest BCUT2D eigenvalue weighted by molar-refractivity contribution is 0.0796. The number of hydrogen-bond donors (Lipinski definition) is 2. The first kappa shape index (κ1) is 16.1. The highest BCUT2D eigenvalue weighted by atomic mass is 79.9. The summed E-state index contributed by atoms with van der Waals surface area (Å²) in [5.41, 5.74) is 2.00. The van der Waals surface area contributed by atoms with Crippen LogP contribution in [0.4, 0.5) is 0 Å². The molecule has 0 saturated carbocycles. The van der Waals surface area contributed by atoms with E-state index in [0.717, 1.165) is 20.1 Å². The van der Waals surface area contributed by atoms with Crippen molar-refractivity contribution in [3.8, 4) is 0 Å². The second-order valence-corrected chi connectivity index (χ2v) is 5.30. The minimum atomic E-state index is 0.0197. The zero-order valence-corrected chi connectivity index (χ0v) is 13.0. The van der Waals surface area contributed by atoms with Crippen LogP contribution in [-0.4, -0.2) is 36.6 Å². The van der Waals surface area contributed by atoms with Crippen LogP contribution in [0.1, 0.15) is 11.1 Å². The van der Waals surface area contributed by atoms with Crippen molar-refractivity contribution in [3.05, 3.63) is 32.2 Å². The molecule has 0 unspecified atom stereocenters. The summed E-state index contributed by atoms with van der Waals surface area (Å²) in [6, 6.07) is 3.91. The molecule has 0 aliphatic carbocycles. The Kier molecular flexibility index (Phi) is 8.05. The Morgan fingerprint density at radius 2 is 1.22 bits per heavy atom. The molecule has 1 aromatic carbocycles. The summed E-state index contributed by atoms with van der Waals surface area (Å²) < 4.78 is 12.4. The molecule has 0 fully saturated rings. The molecular weight excluding hydrogens is 368 g/mol. The van der Waals surface area contributed by atoms with Gasteiger partial charge in [-0.2, -0.15) is 0 Å². The van der Waals surface area contributed by atoms with E-state index >= 15 is 0 Å². The Hall–Kier alpha value is 0.0200. The molecule has 0 radical (unpaired) electrons. The summed E-state index contributed by atoms with van der Waals surface area (Å²) in [6.45, 7) is 1.57. The standard InChI is InChI=1S/C12H16Br2O4/c13-11-6-10(8-18-4-2-16)12(14)5-9(11)7-17-3-1-15/h5-6,15-16H,1-4,7-8H2. The third-order valence-electron chi connectivity index (χ3n) is 2.20. The molecule has 1 rings (SSSR count). The molecule has 0 saturated heterocycles. The number of rotatable bonds is 8. The Morgan fingerprint density at radius 3 is 1.56 bits per heavy atom.